The van der Waals surface area contributed by atoms with Crippen LogP contribution in [0.15, 0.2) is 18.3 Å². The SMILES string of the molecule is CCNC[C@@H]1C[C@H]1C(=O)NC(C)(C)c1nc(C(F)(F)F)c2c(C)cccn12. The number of alkyl halides is 3. The van der Waals surface area contributed by atoms with Gasteiger partial charge < -0.3 is 15.0 Å². The molecule has 0 unspecified atom stereocenters. The molecule has 2 aromatic heterocycles. The lowest BCUT2D eigenvalue weighted by Gasteiger charge is -2.25. The topological polar surface area (TPSA) is 58.4 Å². The average molecular weight is 382 g/mol. The molecule has 2 heterocycles. The minimum Gasteiger partial charge on any atom is -0.344 e. The molecule has 27 heavy (non-hydrogen) atoms. The molecule has 2 aromatic rings. The van der Waals surface area contributed by atoms with Crippen molar-refractivity contribution in [3.63, 3.8) is 0 Å². The molecule has 3 rings (SSSR count). The van der Waals surface area contributed by atoms with Crippen molar-refractivity contribution in [3.8, 4) is 0 Å². The highest BCUT2D eigenvalue weighted by molar-refractivity contribution is 5.82. The van der Waals surface area contributed by atoms with E-state index in [1.165, 1.54) is 4.40 Å². The number of pyridine rings is 1. The highest BCUT2D eigenvalue weighted by Crippen LogP contribution is 2.40. The Kier molecular flexibility index (Phi) is 4.96. The standard InChI is InChI=1S/C19H25F3N4O/c1-5-23-10-12-9-13(12)16(27)25-18(3,4)17-24-15(19(20,21)22)14-11(2)7-6-8-26(14)17/h6-8,12-13,23H,5,9-10H2,1-4H3,(H,25,27)/t12-,13+/m0/s1. The van der Waals surface area contributed by atoms with E-state index in [9.17, 15) is 18.0 Å². The molecule has 2 atom stereocenters. The lowest BCUT2D eigenvalue weighted by Crippen LogP contribution is -2.43. The Bertz CT molecular complexity index is 856. The monoisotopic (exact) mass is 382 g/mol. The summed E-state index contributed by atoms with van der Waals surface area (Å²) < 4.78 is 41.9. The molecular weight excluding hydrogens is 357 g/mol. The van der Waals surface area contributed by atoms with Crippen LogP contribution in [-0.2, 0) is 16.5 Å². The summed E-state index contributed by atoms with van der Waals surface area (Å²) in [6.07, 6.45) is -2.22. The van der Waals surface area contributed by atoms with E-state index in [-0.39, 0.29) is 29.1 Å². The maximum absolute atomic E-state index is 13.5. The Labute approximate surface area is 156 Å². The second-order valence-corrected chi connectivity index (χ2v) is 7.72. The van der Waals surface area contributed by atoms with Crippen LogP contribution < -0.4 is 10.6 Å². The first-order valence-electron chi connectivity index (χ1n) is 9.14. The number of hydrogen-bond donors (Lipinski definition) is 2. The molecule has 8 heteroatoms. The van der Waals surface area contributed by atoms with Crippen molar-refractivity contribution in [2.75, 3.05) is 13.1 Å². The molecule has 1 amide bonds. The summed E-state index contributed by atoms with van der Waals surface area (Å²) in [6.45, 7) is 8.61. The van der Waals surface area contributed by atoms with E-state index in [0.717, 1.165) is 19.5 Å². The van der Waals surface area contributed by atoms with Gasteiger partial charge in [-0.25, -0.2) is 4.98 Å². The van der Waals surface area contributed by atoms with Crippen molar-refractivity contribution >= 4 is 11.4 Å². The number of rotatable bonds is 6. The summed E-state index contributed by atoms with van der Waals surface area (Å²) in [4.78, 5) is 16.5. The molecule has 0 bridgehead atoms. The van der Waals surface area contributed by atoms with E-state index in [1.54, 1.807) is 39.1 Å². The van der Waals surface area contributed by atoms with Gasteiger partial charge in [-0.2, -0.15) is 13.2 Å². The van der Waals surface area contributed by atoms with Crippen LogP contribution in [0.2, 0.25) is 0 Å². The van der Waals surface area contributed by atoms with Gasteiger partial charge in [0.15, 0.2) is 5.69 Å². The van der Waals surface area contributed by atoms with Crippen molar-refractivity contribution < 1.29 is 18.0 Å². The smallest absolute Gasteiger partial charge is 0.344 e. The number of fused-ring (bicyclic) bond motifs is 1. The number of hydrogen-bond acceptors (Lipinski definition) is 3. The van der Waals surface area contributed by atoms with E-state index in [1.807, 2.05) is 6.92 Å². The Morgan fingerprint density at radius 3 is 2.70 bits per heavy atom. The number of aryl methyl sites for hydroxylation is 1. The Morgan fingerprint density at radius 1 is 1.37 bits per heavy atom. The van der Waals surface area contributed by atoms with Crippen LogP contribution >= 0.6 is 0 Å². The molecule has 0 aromatic carbocycles. The second kappa shape index (κ2) is 6.82. The summed E-state index contributed by atoms with van der Waals surface area (Å²) in [5.74, 6) is 0.218. The fourth-order valence-corrected chi connectivity index (χ4v) is 3.53. The van der Waals surface area contributed by atoms with Gasteiger partial charge >= 0.3 is 6.18 Å². The second-order valence-electron chi connectivity index (χ2n) is 7.72. The van der Waals surface area contributed by atoms with Crippen LogP contribution in [-0.4, -0.2) is 28.4 Å². The number of amides is 1. The van der Waals surface area contributed by atoms with Gasteiger partial charge in [0.1, 0.15) is 5.82 Å². The lowest BCUT2D eigenvalue weighted by molar-refractivity contribution is -0.139. The van der Waals surface area contributed by atoms with Crippen molar-refractivity contribution in [2.24, 2.45) is 11.8 Å². The fourth-order valence-electron chi connectivity index (χ4n) is 3.53. The molecule has 1 aliphatic carbocycles. The molecule has 5 nitrogen and oxygen atoms in total. The van der Waals surface area contributed by atoms with Crippen molar-refractivity contribution in [2.45, 2.75) is 45.8 Å². The van der Waals surface area contributed by atoms with Crippen molar-refractivity contribution in [3.05, 3.63) is 35.4 Å². The number of aromatic nitrogens is 2. The number of halogens is 3. The minimum absolute atomic E-state index is 0.0266. The lowest BCUT2D eigenvalue weighted by atomic mass is 10.0. The van der Waals surface area contributed by atoms with Crippen LogP contribution in [0.4, 0.5) is 13.2 Å². The normalized spacial score (nSPS) is 20.1. The summed E-state index contributed by atoms with van der Waals surface area (Å²) in [6, 6.07) is 3.30. The van der Waals surface area contributed by atoms with Crippen LogP contribution in [0.1, 0.15) is 44.3 Å². The third-order valence-corrected chi connectivity index (χ3v) is 5.05. The van der Waals surface area contributed by atoms with Gasteiger partial charge in [-0.05, 0) is 57.8 Å². The first-order valence-corrected chi connectivity index (χ1v) is 9.14. The molecule has 1 fully saturated rings. The van der Waals surface area contributed by atoms with Gasteiger partial charge in [0.25, 0.3) is 0 Å². The van der Waals surface area contributed by atoms with Crippen LogP contribution in [0, 0.1) is 18.8 Å². The van der Waals surface area contributed by atoms with Gasteiger partial charge in [-0.15, -0.1) is 0 Å². The number of carbonyl (C=O) groups excluding carboxylic acids is 1. The summed E-state index contributed by atoms with van der Waals surface area (Å²) in [7, 11) is 0. The maximum atomic E-state index is 13.5. The zero-order valence-electron chi connectivity index (χ0n) is 15.9. The highest BCUT2D eigenvalue weighted by atomic mass is 19.4. The van der Waals surface area contributed by atoms with Crippen LogP contribution in [0.25, 0.3) is 5.52 Å². The predicted molar refractivity (Wildman–Crippen MR) is 96.2 cm³/mol. The van der Waals surface area contributed by atoms with E-state index >= 15 is 0 Å². The number of carbonyl (C=O) groups is 1. The molecule has 0 radical (unpaired) electrons. The molecule has 148 valence electrons. The maximum Gasteiger partial charge on any atom is 0.435 e. The molecule has 0 spiro atoms. The molecular formula is C19H25F3N4O. The minimum atomic E-state index is -4.57. The van der Waals surface area contributed by atoms with Gasteiger partial charge in [-0.3, -0.25) is 4.79 Å². The summed E-state index contributed by atoms with van der Waals surface area (Å²) in [5.41, 5.74) is -1.45. The summed E-state index contributed by atoms with van der Waals surface area (Å²) >= 11 is 0. The zero-order chi connectivity index (χ0) is 20.0. The Hall–Kier alpha value is -2.09. The number of nitrogens with one attached hydrogen (secondary N) is 2. The van der Waals surface area contributed by atoms with Gasteiger partial charge in [-0.1, -0.05) is 13.0 Å². The van der Waals surface area contributed by atoms with E-state index in [0.29, 0.717) is 5.56 Å². The Morgan fingerprint density at radius 2 is 2.07 bits per heavy atom. The highest BCUT2D eigenvalue weighted by Gasteiger charge is 2.45. The largest absolute Gasteiger partial charge is 0.435 e. The first kappa shape index (κ1) is 19.7. The third kappa shape index (κ3) is 3.81. The fraction of sp³-hybridized carbons (Fsp3) is 0.579. The number of imidazole rings is 1. The first-order chi connectivity index (χ1) is 12.6. The van der Waals surface area contributed by atoms with E-state index in [2.05, 4.69) is 15.6 Å². The Balaban J connectivity index is 1.90. The van der Waals surface area contributed by atoms with Gasteiger partial charge in [0.2, 0.25) is 5.91 Å². The predicted octanol–water partition coefficient (Wildman–Crippen LogP) is 3.26. The molecule has 2 N–H and O–H groups in total. The number of nitrogens with zero attached hydrogens (tertiary/aromatic N) is 2. The molecule has 1 saturated carbocycles. The molecule has 1 aliphatic rings. The molecule has 0 aliphatic heterocycles. The quantitative estimate of drug-likeness (QED) is 0.806. The van der Waals surface area contributed by atoms with E-state index in [4.69, 9.17) is 0 Å². The van der Waals surface area contributed by atoms with E-state index < -0.39 is 17.4 Å². The average Bonchev–Trinajstić information content (AvgIpc) is 3.21. The van der Waals surface area contributed by atoms with Crippen molar-refractivity contribution in [1.29, 1.82) is 0 Å². The van der Waals surface area contributed by atoms with Crippen LogP contribution in [0.5, 0.6) is 0 Å². The van der Waals surface area contributed by atoms with Gasteiger partial charge in [0.05, 0.1) is 11.1 Å². The van der Waals surface area contributed by atoms with Crippen LogP contribution in [0.3, 0.4) is 0 Å². The zero-order valence-corrected chi connectivity index (χ0v) is 15.9. The van der Waals surface area contributed by atoms with Gasteiger partial charge in [0, 0.05) is 12.1 Å². The summed E-state index contributed by atoms with van der Waals surface area (Å²) in [5, 5.41) is 6.12. The molecule has 0 saturated heterocycles. The van der Waals surface area contributed by atoms with Crippen molar-refractivity contribution in [1.82, 2.24) is 20.0 Å². The third-order valence-electron chi connectivity index (χ3n) is 5.05.